The number of aryl methyl sites for hydroxylation is 1. The van der Waals surface area contributed by atoms with Crippen molar-refractivity contribution in [1.29, 1.82) is 0 Å². The summed E-state index contributed by atoms with van der Waals surface area (Å²) in [5.41, 5.74) is 0.204. The van der Waals surface area contributed by atoms with Crippen LogP contribution in [0.15, 0.2) is 12.4 Å². The zero-order chi connectivity index (χ0) is 13.3. The predicted octanol–water partition coefficient (Wildman–Crippen LogP) is 2.27. The Bertz CT molecular complexity index is 399. The van der Waals surface area contributed by atoms with Gasteiger partial charge in [0.15, 0.2) is 0 Å². The molecule has 102 valence electrons. The van der Waals surface area contributed by atoms with Crippen LogP contribution in [0.2, 0.25) is 0 Å². The molecule has 1 aromatic rings. The lowest BCUT2D eigenvalue weighted by molar-refractivity contribution is -0.116. The molecule has 0 amide bonds. The summed E-state index contributed by atoms with van der Waals surface area (Å²) in [5.74, 6) is 1.09. The molecule has 0 saturated heterocycles. The number of hydrogen-bond acceptors (Lipinski definition) is 3. The summed E-state index contributed by atoms with van der Waals surface area (Å²) in [4.78, 5) is 4.40. The maximum Gasteiger partial charge on any atom is 0.125 e. The minimum atomic E-state index is 0.204. The quantitative estimate of drug-likeness (QED) is 0.872. The van der Waals surface area contributed by atoms with Gasteiger partial charge in [0.2, 0.25) is 0 Å². The van der Waals surface area contributed by atoms with Crippen LogP contribution >= 0.6 is 0 Å². The van der Waals surface area contributed by atoms with Crippen molar-refractivity contribution in [1.82, 2.24) is 14.9 Å². The Morgan fingerprint density at radius 2 is 2.33 bits per heavy atom. The summed E-state index contributed by atoms with van der Waals surface area (Å²) in [5, 5.41) is 3.67. The predicted molar refractivity (Wildman–Crippen MR) is 72.4 cm³/mol. The molecular weight excluding hydrogens is 226 g/mol. The molecule has 3 atom stereocenters. The smallest absolute Gasteiger partial charge is 0.125 e. The molecule has 1 aliphatic carbocycles. The van der Waals surface area contributed by atoms with Crippen LogP contribution in [0.3, 0.4) is 0 Å². The van der Waals surface area contributed by atoms with Crippen molar-refractivity contribution in [2.75, 3.05) is 6.61 Å². The van der Waals surface area contributed by atoms with Crippen molar-refractivity contribution in [2.24, 2.45) is 12.5 Å². The van der Waals surface area contributed by atoms with Crippen LogP contribution in [0.1, 0.15) is 46.0 Å². The van der Waals surface area contributed by atoms with Gasteiger partial charge < -0.3 is 14.6 Å². The number of nitrogens with one attached hydrogen (secondary N) is 1. The lowest BCUT2D eigenvalue weighted by atomic mass is 9.64. The second-order valence-corrected chi connectivity index (χ2v) is 5.84. The van der Waals surface area contributed by atoms with E-state index in [2.05, 4.69) is 42.6 Å². The molecule has 2 rings (SSSR count). The fourth-order valence-corrected chi connectivity index (χ4v) is 2.82. The Balaban J connectivity index is 1.94. The third-order valence-electron chi connectivity index (χ3n) is 4.24. The van der Waals surface area contributed by atoms with Gasteiger partial charge in [0.1, 0.15) is 5.82 Å². The molecular formula is C14H25N3O. The normalized spacial score (nSPS) is 27.8. The zero-order valence-corrected chi connectivity index (χ0v) is 12.1. The molecule has 1 aliphatic rings. The Morgan fingerprint density at radius 1 is 1.61 bits per heavy atom. The molecule has 1 aromatic heterocycles. The Morgan fingerprint density at radius 3 is 2.83 bits per heavy atom. The van der Waals surface area contributed by atoms with E-state index in [1.807, 2.05) is 19.4 Å². The Kier molecular flexibility index (Phi) is 3.78. The van der Waals surface area contributed by atoms with E-state index in [1.165, 1.54) is 0 Å². The molecule has 3 unspecified atom stereocenters. The highest BCUT2D eigenvalue weighted by Crippen LogP contribution is 2.43. The lowest BCUT2D eigenvalue weighted by Crippen LogP contribution is -2.61. The van der Waals surface area contributed by atoms with Crippen molar-refractivity contribution in [3.63, 3.8) is 0 Å². The lowest BCUT2D eigenvalue weighted by Gasteiger charge is -2.52. The van der Waals surface area contributed by atoms with Gasteiger partial charge >= 0.3 is 0 Å². The summed E-state index contributed by atoms with van der Waals surface area (Å²) in [6.45, 7) is 9.59. The maximum absolute atomic E-state index is 5.76. The van der Waals surface area contributed by atoms with E-state index in [1.54, 1.807) is 0 Å². The van der Waals surface area contributed by atoms with Gasteiger partial charge in [0.25, 0.3) is 0 Å². The van der Waals surface area contributed by atoms with Gasteiger partial charge in [-0.2, -0.15) is 0 Å². The standard InChI is InChI=1S/C14H25N3O/c1-6-18-12-9-11(14(12,3)4)16-10(2)13-15-7-8-17(13)5/h7-8,10-12,16H,6,9H2,1-5H3. The second-order valence-electron chi connectivity index (χ2n) is 5.84. The molecule has 0 aliphatic heterocycles. The van der Waals surface area contributed by atoms with Crippen LogP contribution in [-0.4, -0.2) is 28.3 Å². The van der Waals surface area contributed by atoms with Crippen LogP contribution in [0, 0.1) is 5.41 Å². The number of rotatable bonds is 5. The molecule has 0 aromatic carbocycles. The van der Waals surface area contributed by atoms with Crippen molar-refractivity contribution < 1.29 is 4.74 Å². The van der Waals surface area contributed by atoms with Gasteiger partial charge in [-0.15, -0.1) is 0 Å². The highest BCUT2D eigenvalue weighted by molar-refractivity contribution is 5.06. The third kappa shape index (κ3) is 2.31. The molecule has 0 bridgehead atoms. The van der Waals surface area contributed by atoms with E-state index in [0.29, 0.717) is 12.1 Å². The summed E-state index contributed by atoms with van der Waals surface area (Å²) in [6, 6.07) is 0.776. The third-order valence-corrected chi connectivity index (χ3v) is 4.24. The highest BCUT2D eigenvalue weighted by atomic mass is 16.5. The van der Waals surface area contributed by atoms with Crippen LogP contribution in [0.5, 0.6) is 0 Å². The molecule has 0 spiro atoms. The van der Waals surface area contributed by atoms with Gasteiger partial charge in [-0.3, -0.25) is 0 Å². The Labute approximate surface area is 110 Å². The van der Waals surface area contributed by atoms with Crippen LogP contribution in [0.25, 0.3) is 0 Å². The van der Waals surface area contributed by atoms with Gasteiger partial charge in [-0.25, -0.2) is 4.98 Å². The van der Waals surface area contributed by atoms with Crippen LogP contribution in [0.4, 0.5) is 0 Å². The molecule has 4 heteroatoms. The van der Waals surface area contributed by atoms with E-state index < -0.39 is 0 Å². The first-order valence-corrected chi connectivity index (χ1v) is 6.81. The first kappa shape index (κ1) is 13.6. The van der Waals surface area contributed by atoms with E-state index in [0.717, 1.165) is 18.9 Å². The number of nitrogens with zero attached hydrogens (tertiary/aromatic N) is 2. The number of ether oxygens (including phenoxy) is 1. The minimum absolute atomic E-state index is 0.204. The number of aromatic nitrogens is 2. The van der Waals surface area contributed by atoms with Crippen LogP contribution < -0.4 is 5.32 Å². The van der Waals surface area contributed by atoms with Crippen molar-refractivity contribution in [2.45, 2.75) is 52.3 Å². The highest BCUT2D eigenvalue weighted by Gasteiger charge is 2.49. The average molecular weight is 251 g/mol. The molecule has 1 N–H and O–H groups in total. The summed E-state index contributed by atoms with van der Waals surface area (Å²) in [7, 11) is 2.04. The summed E-state index contributed by atoms with van der Waals surface area (Å²) < 4.78 is 7.83. The zero-order valence-electron chi connectivity index (χ0n) is 12.1. The second kappa shape index (κ2) is 5.02. The largest absolute Gasteiger partial charge is 0.378 e. The molecule has 4 nitrogen and oxygen atoms in total. The molecule has 1 fully saturated rings. The number of imidazole rings is 1. The van der Waals surface area contributed by atoms with Gasteiger partial charge in [-0.1, -0.05) is 13.8 Å². The van der Waals surface area contributed by atoms with E-state index in [-0.39, 0.29) is 11.5 Å². The average Bonchev–Trinajstić information content (AvgIpc) is 2.74. The SMILES string of the molecule is CCOC1CC(NC(C)c2nccn2C)C1(C)C. The first-order chi connectivity index (χ1) is 8.46. The molecule has 1 saturated carbocycles. The van der Waals surface area contributed by atoms with E-state index in [4.69, 9.17) is 4.74 Å². The minimum Gasteiger partial charge on any atom is -0.378 e. The van der Waals surface area contributed by atoms with Crippen molar-refractivity contribution in [3.05, 3.63) is 18.2 Å². The molecule has 18 heavy (non-hydrogen) atoms. The fourth-order valence-electron chi connectivity index (χ4n) is 2.82. The molecule has 0 radical (unpaired) electrons. The van der Waals surface area contributed by atoms with Crippen molar-refractivity contribution >= 4 is 0 Å². The topological polar surface area (TPSA) is 39.1 Å². The van der Waals surface area contributed by atoms with E-state index in [9.17, 15) is 0 Å². The van der Waals surface area contributed by atoms with Crippen LogP contribution in [-0.2, 0) is 11.8 Å². The van der Waals surface area contributed by atoms with E-state index >= 15 is 0 Å². The fraction of sp³-hybridized carbons (Fsp3) is 0.786. The van der Waals surface area contributed by atoms with Gasteiger partial charge in [0, 0.05) is 37.5 Å². The van der Waals surface area contributed by atoms with Gasteiger partial charge in [-0.05, 0) is 20.3 Å². The first-order valence-electron chi connectivity index (χ1n) is 6.81. The number of hydrogen-bond donors (Lipinski definition) is 1. The Hall–Kier alpha value is -0.870. The molecule has 1 heterocycles. The maximum atomic E-state index is 5.76. The van der Waals surface area contributed by atoms with Crippen molar-refractivity contribution in [3.8, 4) is 0 Å². The van der Waals surface area contributed by atoms with Gasteiger partial charge in [0.05, 0.1) is 12.1 Å². The summed E-state index contributed by atoms with van der Waals surface area (Å²) in [6.07, 6.45) is 5.31. The summed E-state index contributed by atoms with van der Waals surface area (Å²) >= 11 is 0. The monoisotopic (exact) mass is 251 g/mol.